The number of hydrogen-bond donors (Lipinski definition) is 1. The summed E-state index contributed by atoms with van der Waals surface area (Å²) in [6, 6.07) is 2.18. The van der Waals surface area contributed by atoms with Crippen LogP contribution in [0.15, 0.2) is 12.1 Å². The van der Waals surface area contributed by atoms with E-state index in [9.17, 15) is 27.6 Å². The molecule has 3 aliphatic heterocycles. The van der Waals surface area contributed by atoms with Crippen molar-refractivity contribution in [3.05, 3.63) is 23.4 Å². The number of aromatic nitrogens is 1. The molecular formula is C25H30F3N5O3S. The van der Waals surface area contributed by atoms with Gasteiger partial charge in [0.1, 0.15) is 15.5 Å². The summed E-state index contributed by atoms with van der Waals surface area (Å²) in [6.07, 6.45) is -1.35. The third-order valence-electron chi connectivity index (χ3n) is 7.91. The first-order valence-corrected chi connectivity index (χ1v) is 13.4. The Morgan fingerprint density at radius 2 is 1.89 bits per heavy atom. The Hall–Kier alpha value is -2.73. The monoisotopic (exact) mass is 537 g/mol. The van der Waals surface area contributed by atoms with Crippen LogP contribution in [-0.4, -0.2) is 75.7 Å². The molecule has 12 heteroatoms. The van der Waals surface area contributed by atoms with Crippen LogP contribution in [0.3, 0.4) is 0 Å². The Morgan fingerprint density at radius 1 is 1.19 bits per heavy atom. The van der Waals surface area contributed by atoms with Gasteiger partial charge in [-0.1, -0.05) is 11.3 Å². The Morgan fingerprint density at radius 3 is 2.51 bits per heavy atom. The van der Waals surface area contributed by atoms with Crippen LogP contribution in [0.5, 0.6) is 0 Å². The average molecular weight is 538 g/mol. The van der Waals surface area contributed by atoms with Gasteiger partial charge < -0.3 is 10.6 Å². The van der Waals surface area contributed by atoms with Crippen LogP contribution in [0.25, 0.3) is 10.2 Å². The first kappa shape index (κ1) is 25.9. The van der Waals surface area contributed by atoms with Crippen molar-refractivity contribution in [2.75, 3.05) is 31.9 Å². The molecule has 0 radical (unpaired) electrons. The van der Waals surface area contributed by atoms with E-state index in [0.717, 1.165) is 30.4 Å². The summed E-state index contributed by atoms with van der Waals surface area (Å²) in [7, 11) is 0. The fourth-order valence-electron chi connectivity index (χ4n) is 6.11. The highest BCUT2D eigenvalue weighted by molar-refractivity contribution is 7.22. The van der Waals surface area contributed by atoms with Gasteiger partial charge in [-0.25, -0.2) is 4.98 Å². The molecule has 5 rings (SSSR count). The molecule has 2 aromatic heterocycles. The summed E-state index contributed by atoms with van der Waals surface area (Å²) in [6.45, 7) is 6.06. The number of anilines is 1. The maximum atomic E-state index is 13.3. The lowest BCUT2D eigenvalue weighted by molar-refractivity contribution is -0.145. The number of nitrogens with zero attached hydrogens (tertiary/aromatic N) is 4. The number of imide groups is 1. The number of thiophene rings is 1. The van der Waals surface area contributed by atoms with Gasteiger partial charge in [0.05, 0.1) is 11.0 Å². The van der Waals surface area contributed by atoms with Gasteiger partial charge in [0.2, 0.25) is 11.8 Å². The van der Waals surface area contributed by atoms with Gasteiger partial charge in [0.15, 0.2) is 0 Å². The van der Waals surface area contributed by atoms with Crippen molar-refractivity contribution in [3.63, 3.8) is 0 Å². The molecular weight excluding hydrogens is 507 g/mol. The van der Waals surface area contributed by atoms with E-state index in [2.05, 4.69) is 9.88 Å². The second-order valence-electron chi connectivity index (χ2n) is 10.6. The van der Waals surface area contributed by atoms with Crippen molar-refractivity contribution in [1.82, 2.24) is 19.7 Å². The number of pyridine rings is 1. The van der Waals surface area contributed by atoms with Crippen molar-refractivity contribution in [2.24, 2.45) is 5.41 Å². The SMILES string of the molecule is CC(C)N1C(=O)CC2(CCCN(C3CCN(C(=O)c4c(N)sc5nc(C(F)(F)F)ccc45)CC3)C2)C1=O. The second kappa shape index (κ2) is 9.23. The number of alkyl halides is 3. The molecule has 0 saturated carbocycles. The number of hydrogen-bond acceptors (Lipinski definition) is 7. The maximum Gasteiger partial charge on any atom is 0.433 e. The molecule has 0 aromatic carbocycles. The fourth-order valence-corrected chi connectivity index (χ4v) is 7.04. The van der Waals surface area contributed by atoms with Crippen LogP contribution in [0.4, 0.5) is 18.2 Å². The van der Waals surface area contributed by atoms with Crippen LogP contribution in [-0.2, 0) is 15.8 Å². The molecule has 0 bridgehead atoms. The first-order chi connectivity index (χ1) is 17.4. The normalized spacial score (nSPS) is 24.3. The summed E-state index contributed by atoms with van der Waals surface area (Å²) in [5.74, 6) is -0.463. The Labute approximate surface area is 216 Å². The van der Waals surface area contributed by atoms with Gasteiger partial charge in [-0.2, -0.15) is 13.2 Å². The van der Waals surface area contributed by atoms with E-state index in [0.29, 0.717) is 44.3 Å². The lowest BCUT2D eigenvalue weighted by Gasteiger charge is -2.45. The largest absolute Gasteiger partial charge is 0.433 e. The summed E-state index contributed by atoms with van der Waals surface area (Å²) in [5.41, 5.74) is 4.61. The van der Waals surface area contributed by atoms with Gasteiger partial charge in [-0.15, -0.1) is 0 Å². The minimum Gasteiger partial charge on any atom is -0.390 e. The minimum atomic E-state index is -4.57. The number of piperidine rings is 2. The number of carbonyl (C=O) groups is 3. The molecule has 2 aromatic rings. The quantitative estimate of drug-likeness (QED) is 0.599. The first-order valence-electron chi connectivity index (χ1n) is 12.6. The topological polar surface area (TPSA) is 99.8 Å². The van der Waals surface area contributed by atoms with Crippen LogP contribution >= 0.6 is 11.3 Å². The molecule has 2 N–H and O–H groups in total. The lowest BCUT2D eigenvalue weighted by Crippen LogP contribution is -2.54. The Kier molecular flexibility index (Phi) is 6.46. The van der Waals surface area contributed by atoms with Gasteiger partial charge in [-0.05, 0) is 58.2 Å². The predicted molar refractivity (Wildman–Crippen MR) is 133 cm³/mol. The van der Waals surface area contributed by atoms with Crippen molar-refractivity contribution < 1.29 is 27.6 Å². The highest BCUT2D eigenvalue weighted by atomic mass is 32.1. The zero-order chi connectivity index (χ0) is 26.7. The standard InChI is InChI=1S/C25H30F3N5O3S/c1-14(2)33-18(34)12-24(23(33)36)8-3-9-32(13-24)15-6-10-31(11-7-15)22(35)19-16-4-5-17(25(26,27)28)30-21(16)37-20(19)29/h4-5,14-15H,3,6-13,29H2,1-2H3. The number of nitrogen functional groups attached to an aromatic ring is 1. The van der Waals surface area contributed by atoms with Crippen LogP contribution in [0.1, 0.15) is 62.0 Å². The molecule has 5 heterocycles. The third-order valence-corrected chi connectivity index (χ3v) is 8.84. The zero-order valence-corrected chi connectivity index (χ0v) is 21.6. The van der Waals surface area contributed by atoms with Gasteiger partial charge >= 0.3 is 6.18 Å². The summed E-state index contributed by atoms with van der Waals surface area (Å²) in [4.78, 5) is 48.3. The molecule has 3 amide bonds. The number of amides is 3. The molecule has 0 aliphatic carbocycles. The lowest BCUT2D eigenvalue weighted by atomic mass is 9.77. The van der Waals surface area contributed by atoms with E-state index in [-0.39, 0.29) is 51.6 Å². The van der Waals surface area contributed by atoms with Gasteiger partial charge in [0.25, 0.3) is 5.91 Å². The zero-order valence-electron chi connectivity index (χ0n) is 20.8. The van der Waals surface area contributed by atoms with Crippen molar-refractivity contribution in [1.29, 1.82) is 0 Å². The van der Waals surface area contributed by atoms with E-state index in [1.807, 2.05) is 13.8 Å². The van der Waals surface area contributed by atoms with Crippen LogP contribution < -0.4 is 5.73 Å². The molecule has 8 nitrogen and oxygen atoms in total. The van der Waals surface area contributed by atoms with Crippen molar-refractivity contribution >= 4 is 44.3 Å². The summed E-state index contributed by atoms with van der Waals surface area (Å²) in [5, 5.41) is 0.491. The van der Waals surface area contributed by atoms with Gasteiger partial charge in [0, 0.05) is 43.5 Å². The second-order valence-corrected chi connectivity index (χ2v) is 11.6. The van der Waals surface area contributed by atoms with Crippen LogP contribution in [0.2, 0.25) is 0 Å². The molecule has 3 aliphatic rings. The fraction of sp³-hybridized carbons (Fsp3) is 0.600. The van der Waals surface area contributed by atoms with Crippen molar-refractivity contribution in [2.45, 2.75) is 64.2 Å². The van der Waals surface area contributed by atoms with E-state index in [1.165, 1.54) is 11.0 Å². The van der Waals surface area contributed by atoms with E-state index in [1.54, 1.807) is 4.90 Å². The Balaban J connectivity index is 1.27. The number of likely N-dealkylation sites (tertiary alicyclic amines) is 3. The number of nitrogens with two attached hydrogens (primary N) is 1. The third kappa shape index (κ3) is 4.47. The van der Waals surface area contributed by atoms with E-state index >= 15 is 0 Å². The molecule has 1 atom stereocenters. The Bertz CT molecular complexity index is 1250. The van der Waals surface area contributed by atoms with Gasteiger partial charge in [-0.3, -0.25) is 24.2 Å². The molecule has 37 heavy (non-hydrogen) atoms. The molecule has 1 spiro atoms. The minimum absolute atomic E-state index is 0.0630. The predicted octanol–water partition coefficient (Wildman–Crippen LogP) is 3.75. The average Bonchev–Trinajstić information content (AvgIpc) is 3.29. The number of fused-ring (bicyclic) bond motifs is 1. The number of rotatable bonds is 3. The van der Waals surface area contributed by atoms with E-state index < -0.39 is 17.3 Å². The van der Waals surface area contributed by atoms with Crippen molar-refractivity contribution in [3.8, 4) is 0 Å². The highest BCUT2D eigenvalue weighted by Crippen LogP contribution is 2.43. The molecule has 200 valence electrons. The maximum absolute atomic E-state index is 13.3. The summed E-state index contributed by atoms with van der Waals surface area (Å²) < 4.78 is 39.1. The van der Waals surface area contributed by atoms with E-state index in [4.69, 9.17) is 5.73 Å². The molecule has 1 unspecified atom stereocenters. The number of carbonyl (C=O) groups excluding carboxylic acids is 3. The number of halogens is 3. The smallest absolute Gasteiger partial charge is 0.390 e. The molecule has 3 saturated heterocycles. The highest BCUT2D eigenvalue weighted by Gasteiger charge is 2.54. The molecule has 3 fully saturated rings. The summed E-state index contributed by atoms with van der Waals surface area (Å²) >= 11 is 0.885. The van der Waals surface area contributed by atoms with Crippen LogP contribution in [0, 0.1) is 5.41 Å².